The van der Waals surface area contributed by atoms with Gasteiger partial charge in [-0.25, -0.2) is 0 Å². The Bertz CT molecular complexity index is 1060. The van der Waals surface area contributed by atoms with Gasteiger partial charge in [0.15, 0.2) is 6.61 Å². The van der Waals surface area contributed by atoms with Crippen LogP contribution in [0, 0.1) is 13.8 Å². The van der Waals surface area contributed by atoms with E-state index in [0.29, 0.717) is 0 Å². The Hall–Kier alpha value is -2.90. The Balaban J connectivity index is 1.54. The van der Waals surface area contributed by atoms with Gasteiger partial charge < -0.3 is 10.1 Å². The minimum Gasteiger partial charge on any atom is -0.454 e. The summed E-state index contributed by atoms with van der Waals surface area (Å²) in [7, 11) is 0. The van der Waals surface area contributed by atoms with Crippen molar-refractivity contribution in [3.63, 3.8) is 0 Å². The molecule has 0 bridgehead atoms. The highest BCUT2D eigenvalue weighted by atomic mass is 35.5. The van der Waals surface area contributed by atoms with Crippen LogP contribution in [-0.4, -0.2) is 41.7 Å². The van der Waals surface area contributed by atoms with E-state index in [-0.39, 0.29) is 27.2 Å². The number of fused-ring (bicyclic) bond motifs is 1. The SMILES string of the molecule is Cc1ccc(C(C)NC(=O)COC(=O)CN2C(=O)c3cc(Cl)c(Cl)cc3C2=O)cc1C. The topological polar surface area (TPSA) is 92.8 Å². The molecule has 2 aromatic carbocycles. The second-order valence-corrected chi connectivity index (χ2v) is 8.12. The van der Waals surface area contributed by atoms with E-state index in [0.717, 1.165) is 21.6 Å². The summed E-state index contributed by atoms with van der Waals surface area (Å²) >= 11 is 11.8. The first-order chi connectivity index (χ1) is 14.6. The molecule has 1 heterocycles. The highest BCUT2D eigenvalue weighted by Gasteiger charge is 2.37. The maximum atomic E-state index is 12.4. The summed E-state index contributed by atoms with van der Waals surface area (Å²) in [5.41, 5.74) is 3.30. The number of carbonyl (C=O) groups is 4. The summed E-state index contributed by atoms with van der Waals surface area (Å²) in [6.45, 7) is 4.64. The third kappa shape index (κ3) is 4.89. The number of nitrogens with one attached hydrogen (secondary N) is 1. The highest BCUT2D eigenvalue weighted by Crippen LogP contribution is 2.31. The van der Waals surface area contributed by atoms with E-state index in [2.05, 4.69) is 5.32 Å². The molecule has 0 fully saturated rings. The van der Waals surface area contributed by atoms with Crippen LogP contribution in [0.4, 0.5) is 0 Å². The third-order valence-electron chi connectivity index (χ3n) is 5.07. The summed E-state index contributed by atoms with van der Waals surface area (Å²) in [5, 5.41) is 2.99. The number of amides is 3. The standard InChI is InChI=1S/C22H20Cl2N2O5/c1-11-4-5-14(6-12(11)2)13(3)25-19(27)10-31-20(28)9-26-21(29)15-7-17(23)18(24)8-16(15)22(26)30/h4-8,13H,9-10H2,1-3H3,(H,25,27). The lowest BCUT2D eigenvalue weighted by Crippen LogP contribution is -2.37. The molecule has 0 aromatic heterocycles. The monoisotopic (exact) mass is 462 g/mol. The first kappa shape index (κ1) is 22.8. The van der Waals surface area contributed by atoms with Crippen LogP contribution in [0.5, 0.6) is 0 Å². The molecule has 9 heteroatoms. The van der Waals surface area contributed by atoms with E-state index in [1.54, 1.807) is 0 Å². The predicted octanol–water partition coefficient (Wildman–Crippen LogP) is 3.63. The Morgan fingerprint density at radius 2 is 1.58 bits per heavy atom. The van der Waals surface area contributed by atoms with E-state index in [9.17, 15) is 19.2 Å². The average molecular weight is 463 g/mol. The Morgan fingerprint density at radius 1 is 1.00 bits per heavy atom. The Morgan fingerprint density at radius 3 is 2.13 bits per heavy atom. The summed E-state index contributed by atoms with van der Waals surface area (Å²) in [4.78, 5) is 49.8. The van der Waals surface area contributed by atoms with Gasteiger partial charge >= 0.3 is 5.97 Å². The van der Waals surface area contributed by atoms with Crippen LogP contribution >= 0.6 is 23.2 Å². The van der Waals surface area contributed by atoms with Crippen molar-refractivity contribution in [3.8, 4) is 0 Å². The largest absolute Gasteiger partial charge is 0.454 e. The number of hydrogen-bond donors (Lipinski definition) is 1. The molecule has 7 nitrogen and oxygen atoms in total. The first-order valence-corrected chi connectivity index (χ1v) is 10.2. The van der Waals surface area contributed by atoms with E-state index in [1.807, 2.05) is 39.0 Å². The molecule has 2 aromatic rings. The fourth-order valence-electron chi connectivity index (χ4n) is 3.15. The molecule has 1 atom stereocenters. The van der Waals surface area contributed by atoms with Gasteiger partial charge in [-0.1, -0.05) is 41.4 Å². The molecule has 162 valence electrons. The number of carbonyl (C=O) groups excluding carboxylic acids is 4. The molecule has 31 heavy (non-hydrogen) atoms. The van der Waals surface area contributed by atoms with Crippen molar-refractivity contribution >= 4 is 46.9 Å². The van der Waals surface area contributed by atoms with Crippen LogP contribution in [0.2, 0.25) is 10.0 Å². The molecule has 3 amide bonds. The van der Waals surface area contributed by atoms with Gasteiger partial charge in [0.1, 0.15) is 6.54 Å². The van der Waals surface area contributed by atoms with Crippen LogP contribution in [0.3, 0.4) is 0 Å². The molecule has 0 saturated heterocycles. The third-order valence-corrected chi connectivity index (χ3v) is 5.79. The average Bonchev–Trinajstić information content (AvgIpc) is 2.93. The Labute approximate surface area is 189 Å². The van der Waals surface area contributed by atoms with E-state index in [4.69, 9.17) is 27.9 Å². The number of esters is 1. The lowest BCUT2D eigenvalue weighted by Gasteiger charge is -2.16. The molecule has 3 rings (SSSR count). The number of imide groups is 1. The van der Waals surface area contributed by atoms with Crippen molar-refractivity contribution in [3.05, 3.63) is 68.2 Å². The molecule has 1 unspecified atom stereocenters. The number of ether oxygens (including phenoxy) is 1. The zero-order valence-corrected chi connectivity index (χ0v) is 18.6. The minimum atomic E-state index is -0.888. The molecule has 1 aliphatic rings. The fourth-order valence-corrected chi connectivity index (χ4v) is 3.48. The fraction of sp³-hybridized carbons (Fsp3) is 0.273. The predicted molar refractivity (Wildman–Crippen MR) is 115 cm³/mol. The summed E-state index contributed by atoms with van der Waals surface area (Å²) < 4.78 is 4.94. The van der Waals surface area contributed by atoms with Crippen molar-refractivity contribution in [2.24, 2.45) is 0 Å². The quantitative estimate of drug-likeness (QED) is 0.522. The van der Waals surface area contributed by atoms with E-state index < -0.39 is 36.8 Å². The normalized spacial score (nSPS) is 13.8. The van der Waals surface area contributed by atoms with Crippen LogP contribution in [0.25, 0.3) is 0 Å². The number of nitrogens with zero attached hydrogens (tertiary/aromatic N) is 1. The molecule has 1 N–H and O–H groups in total. The molecule has 0 spiro atoms. The van der Waals surface area contributed by atoms with Crippen LogP contribution in [0.15, 0.2) is 30.3 Å². The first-order valence-electron chi connectivity index (χ1n) is 9.46. The van der Waals surface area contributed by atoms with Crippen LogP contribution < -0.4 is 5.32 Å². The number of halogens is 2. The van der Waals surface area contributed by atoms with Gasteiger partial charge in [0, 0.05) is 0 Å². The van der Waals surface area contributed by atoms with Crippen molar-refractivity contribution in [2.75, 3.05) is 13.2 Å². The zero-order chi connectivity index (χ0) is 22.9. The number of hydrogen-bond acceptors (Lipinski definition) is 5. The molecule has 0 aliphatic carbocycles. The zero-order valence-electron chi connectivity index (χ0n) is 17.1. The lowest BCUT2D eigenvalue weighted by molar-refractivity contribution is -0.148. The molecule has 1 aliphatic heterocycles. The van der Waals surface area contributed by atoms with Gasteiger partial charge in [-0.2, -0.15) is 0 Å². The summed E-state index contributed by atoms with van der Waals surface area (Å²) in [6.07, 6.45) is 0. The van der Waals surface area contributed by atoms with Gasteiger partial charge in [0.05, 0.1) is 27.2 Å². The molecule has 0 saturated carbocycles. The second-order valence-electron chi connectivity index (χ2n) is 7.30. The van der Waals surface area contributed by atoms with Gasteiger partial charge in [0.25, 0.3) is 17.7 Å². The minimum absolute atomic E-state index is 0.0622. The maximum Gasteiger partial charge on any atom is 0.326 e. The van der Waals surface area contributed by atoms with Gasteiger partial charge in [-0.15, -0.1) is 0 Å². The van der Waals surface area contributed by atoms with E-state index >= 15 is 0 Å². The maximum absolute atomic E-state index is 12.4. The molecule has 0 radical (unpaired) electrons. The van der Waals surface area contributed by atoms with Crippen molar-refractivity contribution < 1.29 is 23.9 Å². The number of benzene rings is 2. The summed E-state index contributed by atoms with van der Waals surface area (Å²) in [5.74, 6) is -2.74. The van der Waals surface area contributed by atoms with E-state index in [1.165, 1.54) is 12.1 Å². The van der Waals surface area contributed by atoms with Gasteiger partial charge in [0.2, 0.25) is 0 Å². The van der Waals surface area contributed by atoms with Crippen LogP contribution in [-0.2, 0) is 14.3 Å². The Kier molecular flexibility index (Phi) is 6.67. The van der Waals surface area contributed by atoms with Gasteiger partial charge in [-0.05, 0) is 49.6 Å². The van der Waals surface area contributed by atoms with Crippen LogP contribution in [0.1, 0.15) is 50.4 Å². The lowest BCUT2D eigenvalue weighted by atomic mass is 10.0. The smallest absolute Gasteiger partial charge is 0.326 e. The van der Waals surface area contributed by atoms with Crippen molar-refractivity contribution in [1.29, 1.82) is 0 Å². The second kappa shape index (κ2) is 9.08. The highest BCUT2D eigenvalue weighted by molar-refractivity contribution is 6.43. The van der Waals surface area contributed by atoms with Crippen molar-refractivity contribution in [1.82, 2.24) is 10.2 Å². The number of aryl methyl sites for hydroxylation is 2. The summed E-state index contributed by atoms with van der Waals surface area (Å²) in [6, 6.07) is 8.15. The molecular formula is C22H20Cl2N2O5. The number of rotatable bonds is 6. The molecular weight excluding hydrogens is 443 g/mol. The van der Waals surface area contributed by atoms with Gasteiger partial charge in [-0.3, -0.25) is 24.1 Å². The van der Waals surface area contributed by atoms with Crippen molar-refractivity contribution in [2.45, 2.75) is 26.8 Å².